The lowest BCUT2D eigenvalue weighted by Crippen LogP contribution is -2.48. The molecule has 2 unspecified atom stereocenters. The van der Waals surface area contributed by atoms with Crippen LogP contribution in [0.4, 0.5) is 0 Å². The summed E-state index contributed by atoms with van der Waals surface area (Å²) in [6, 6.07) is 7.91. The SMILES string of the molecule is Cl.NC(C(=O)NC1CSc2ccccc21)C1CCOCC1. The van der Waals surface area contributed by atoms with E-state index in [4.69, 9.17) is 10.5 Å². The monoisotopic (exact) mass is 328 g/mol. The van der Waals surface area contributed by atoms with Crippen molar-refractivity contribution >= 4 is 30.1 Å². The molecule has 3 rings (SSSR count). The van der Waals surface area contributed by atoms with Gasteiger partial charge >= 0.3 is 0 Å². The highest BCUT2D eigenvalue weighted by Gasteiger charge is 2.30. The molecule has 2 atom stereocenters. The first-order chi connectivity index (χ1) is 9.75. The van der Waals surface area contributed by atoms with E-state index in [2.05, 4.69) is 17.4 Å². The molecule has 21 heavy (non-hydrogen) atoms. The quantitative estimate of drug-likeness (QED) is 0.892. The maximum Gasteiger partial charge on any atom is 0.237 e. The molecule has 0 aromatic heterocycles. The van der Waals surface area contributed by atoms with Gasteiger partial charge in [-0.25, -0.2) is 0 Å². The summed E-state index contributed by atoms with van der Waals surface area (Å²) in [4.78, 5) is 13.6. The van der Waals surface area contributed by atoms with Crippen LogP contribution in [0, 0.1) is 5.92 Å². The molecule has 0 spiro atoms. The number of nitrogens with one attached hydrogen (secondary N) is 1. The van der Waals surface area contributed by atoms with Gasteiger partial charge in [-0.2, -0.15) is 0 Å². The zero-order chi connectivity index (χ0) is 13.9. The van der Waals surface area contributed by atoms with E-state index in [9.17, 15) is 4.79 Å². The predicted octanol–water partition coefficient (Wildman–Crippen LogP) is 2.13. The summed E-state index contributed by atoms with van der Waals surface area (Å²) < 4.78 is 5.32. The van der Waals surface area contributed by atoms with Crippen LogP contribution in [0.2, 0.25) is 0 Å². The number of carbonyl (C=O) groups is 1. The van der Waals surface area contributed by atoms with Crippen LogP contribution >= 0.6 is 24.2 Å². The van der Waals surface area contributed by atoms with Crippen molar-refractivity contribution in [2.45, 2.75) is 29.8 Å². The fraction of sp³-hybridized carbons (Fsp3) is 0.533. The Kier molecular flexibility index (Phi) is 5.93. The van der Waals surface area contributed by atoms with Crippen LogP contribution in [0.25, 0.3) is 0 Å². The minimum absolute atomic E-state index is 0. The zero-order valence-corrected chi connectivity index (χ0v) is 13.4. The number of ether oxygens (including phenoxy) is 1. The Morgan fingerprint density at radius 3 is 2.81 bits per heavy atom. The fourth-order valence-electron chi connectivity index (χ4n) is 2.84. The molecular weight excluding hydrogens is 308 g/mol. The molecule has 0 radical (unpaired) electrons. The number of hydrogen-bond acceptors (Lipinski definition) is 4. The van der Waals surface area contributed by atoms with Crippen molar-refractivity contribution in [3.8, 4) is 0 Å². The van der Waals surface area contributed by atoms with E-state index in [1.807, 2.05) is 12.1 Å². The molecule has 2 aliphatic rings. The highest BCUT2D eigenvalue weighted by molar-refractivity contribution is 7.99. The number of benzene rings is 1. The minimum Gasteiger partial charge on any atom is -0.381 e. The van der Waals surface area contributed by atoms with Crippen molar-refractivity contribution in [3.05, 3.63) is 29.8 Å². The Morgan fingerprint density at radius 1 is 1.33 bits per heavy atom. The van der Waals surface area contributed by atoms with E-state index in [-0.39, 0.29) is 30.3 Å². The lowest BCUT2D eigenvalue weighted by molar-refractivity contribution is -0.125. The van der Waals surface area contributed by atoms with Gasteiger partial charge in [-0.3, -0.25) is 4.79 Å². The number of halogens is 1. The van der Waals surface area contributed by atoms with Crippen molar-refractivity contribution in [2.75, 3.05) is 19.0 Å². The highest BCUT2D eigenvalue weighted by atomic mass is 35.5. The third-order valence-electron chi connectivity index (χ3n) is 4.09. The van der Waals surface area contributed by atoms with Crippen LogP contribution in [0.15, 0.2) is 29.2 Å². The van der Waals surface area contributed by atoms with E-state index in [1.165, 1.54) is 10.5 Å². The van der Waals surface area contributed by atoms with Gasteiger partial charge in [-0.05, 0) is 30.4 Å². The van der Waals surface area contributed by atoms with Crippen LogP contribution in [-0.2, 0) is 9.53 Å². The molecule has 2 heterocycles. The second-order valence-electron chi connectivity index (χ2n) is 5.39. The molecule has 116 valence electrons. The minimum atomic E-state index is -0.420. The number of fused-ring (bicyclic) bond motifs is 1. The number of rotatable bonds is 3. The molecular formula is C15H21ClN2O2S. The van der Waals surface area contributed by atoms with Crippen molar-refractivity contribution in [1.82, 2.24) is 5.32 Å². The average molecular weight is 329 g/mol. The van der Waals surface area contributed by atoms with Crippen molar-refractivity contribution in [3.63, 3.8) is 0 Å². The molecule has 1 saturated heterocycles. The summed E-state index contributed by atoms with van der Waals surface area (Å²) in [5.41, 5.74) is 7.33. The van der Waals surface area contributed by atoms with E-state index in [1.54, 1.807) is 11.8 Å². The maximum absolute atomic E-state index is 12.3. The second kappa shape index (κ2) is 7.49. The van der Waals surface area contributed by atoms with Crippen LogP contribution in [0.1, 0.15) is 24.4 Å². The molecule has 1 aromatic carbocycles. The molecule has 1 fully saturated rings. The topological polar surface area (TPSA) is 64.4 Å². The number of nitrogens with two attached hydrogens (primary N) is 1. The predicted molar refractivity (Wildman–Crippen MR) is 86.8 cm³/mol. The number of carbonyl (C=O) groups excluding carboxylic acids is 1. The molecule has 0 aliphatic carbocycles. The summed E-state index contributed by atoms with van der Waals surface area (Å²) >= 11 is 1.79. The lowest BCUT2D eigenvalue weighted by Gasteiger charge is -2.27. The van der Waals surface area contributed by atoms with Crippen molar-refractivity contribution in [1.29, 1.82) is 0 Å². The van der Waals surface area contributed by atoms with Crippen LogP contribution in [-0.4, -0.2) is 30.9 Å². The van der Waals surface area contributed by atoms with Gasteiger partial charge in [-0.1, -0.05) is 18.2 Å². The fourth-order valence-corrected chi connectivity index (χ4v) is 4.00. The molecule has 6 heteroatoms. The van der Waals surface area contributed by atoms with Gasteiger partial charge in [0.05, 0.1) is 12.1 Å². The van der Waals surface area contributed by atoms with Crippen molar-refractivity contribution < 1.29 is 9.53 Å². The van der Waals surface area contributed by atoms with Crippen LogP contribution in [0.3, 0.4) is 0 Å². The third kappa shape index (κ3) is 3.72. The largest absolute Gasteiger partial charge is 0.381 e. The number of hydrogen-bond donors (Lipinski definition) is 2. The lowest BCUT2D eigenvalue weighted by atomic mass is 9.91. The highest BCUT2D eigenvalue weighted by Crippen LogP contribution is 2.37. The maximum atomic E-state index is 12.3. The Balaban J connectivity index is 0.00000161. The normalized spacial score (nSPS) is 23.0. The Morgan fingerprint density at radius 2 is 2.05 bits per heavy atom. The van der Waals surface area contributed by atoms with Crippen molar-refractivity contribution in [2.24, 2.45) is 11.7 Å². The first kappa shape index (κ1) is 16.6. The Hall–Kier alpha value is -0.750. The van der Waals surface area contributed by atoms with Crippen LogP contribution < -0.4 is 11.1 Å². The van der Waals surface area contributed by atoms with Gasteiger partial charge in [0.15, 0.2) is 0 Å². The van der Waals surface area contributed by atoms with Gasteiger partial charge in [0.1, 0.15) is 0 Å². The number of amides is 1. The molecule has 1 aromatic rings. The third-order valence-corrected chi connectivity index (χ3v) is 5.28. The first-order valence-electron chi connectivity index (χ1n) is 7.11. The van der Waals surface area contributed by atoms with E-state index in [0.29, 0.717) is 13.2 Å². The Labute approximate surface area is 135 Å². The zero-order valence-electron chi connectivity index (χ0n) is 11.8. The average Bonchev–Trinajstić information content (AvgIpc) is 2.91. The van der Waals surface area contributed by atoms with E-state index < -0.39 is 6.04 Å². The first-order valence-corrected chi connectivity index (χ1v) is 8.09. The molecule has 1 amide bonds. The van der Waals surface area contributed by atoms with Gasteiger partial charge in [0, 0.05) is 23.9 Å². The summed E-state index contributed by atoms with van der Waals surface area (Å²) in [6.07, 6.45) is 1.76. The van der Waals surface area contributed by atoms with Crippen LogP contribution in [0.5, 0.6) is 0 Å². The molecule has 2 aliphatic heterocycles. The second-order valence-corrected chi connectivity index (χ2v) is 6.45. The van der Waals surface area contributed by atoms with Gasteiger partial charge < -0.3 is 15.8 Å². The number of thioether (sulfide) groups is 1. The molecule has 4 nitrogen and oxygen atoms in total. The molecule has 3 N–H and O–H groups in total. The molecule has 0 bridgehead atoms. The summed E-state index contributed by atoms with van der Waals surface area (Å²) in [6.45, 7) is 1.43. The summed E-state index contributed by atoms with van der Waals surface area (Å²) in [5, 5.41) is 3.11. The van der Waals surface area contributed by atoms with Gasteiger partial charge in [0.25, 0.3) is 0 Å². The van der Waals surface area contributed by atoms with Gasteiger partial charge in [0.2, 0.25) is 5.91 Å². The summed E-state index contributed by atoms with van der Waals surface area (Å²) in [7, 11) is 0. The van der Waals surface area contributed by atoms with Gasteiger partial charge in [-0.15, -0.1) is 24.2 Å². The Bertz CT molecular complexity index is 494. The standard InChI is InChI=1S/C15H20N2O2S.ClH/c16-14(10-5-7-19-8-6-10)15(18)17-12-9-20-13-4-2-1-3-11(12)13;/h1-4,10,12,14H,5-9,16H2,(H,17,18);1H. The van der Waals surface area contributed by atoms with E-state index in [0.717, 1.165) is 18.6 Å². The molecule has 0 saturated carbocycles. The summed E-state index contributed by atoms with van der Waals surface area (Å²) in [5.74, 6) is 1.11. The smallest absolute Gasteiger partial charge is 0.237 e. The van der Waals surface area contributed by atoms with E-state index >= 15 is 0 Å².